The van der Waals surface area contributed by atoms with Crippen molar-refractivity contribution in [1.82, 2.24) is 5.43 Å². The van der Waals surface area contributed by atoms with Crippen molar-refractivity contribution in [3.8, 4) is 0 Å². The molecule has 1 aromatic rings. The highest BCUT2D eigenvalue weighted by atomic mass is 35.5. The van der Waals surface area contributed by atoms with Gasteiger partial charge < -0.3 is 4.74 Å². The zero-order valence-corrected chi connectivity index (χ0v) is 11.5. The molecule has 0 spiro atoms. The van der Waals surface area contributed by atoms with Gasteiger partial charge in [-0.2, -0.15) is 5.10 Å². The van der Waals surface area contributed by atoms with Gasteiger partial charge in [0.25, 0.3) is 0 Å². The summed E-state index contributed by atoms with van der Waals surface area (Å²) in [6, 6.07) is 9.41. The number of halogens is 1. The lowest BCUT2D eigenvalue weighted by Crippen LogP contribution is -2.30. The Hall–Kier alpha value is -1.55. The summed E-state index contributed by atoms with van der Waals surface area (Å²) in [5, 5.41) is 3.96. The van der Waals surface area contributed by atoms with E-state index in [1.165, 1.54) is 0 Å². The number of hydrogen-bond acceptors (Lipinski definition) is 3. The maximum Gasteiger partial charge on any atom is 0.428 e. The van der Waals surface area contributed by atoms with Gasteiger partial charge in [-0.3, -0.25) is 0 Å². The molecule has 4 nitrogen and oxygen atoms in total. The Bertz CT molecular complexity index is 424. The van der Waals surface area contributed by atoms with Crippen molar-refractivity contribution in [3.05, 3.63) is 35.9 Å². The van der Waals surface area contributed by atoms with E-state index in [1.54, 1.807) is 20.8 Å². The molecule has 0 aliphatic carbocycles. The predicted octanol–water partition coefficient (Wildman–Crippen LogP) is 3.15. The number of nitrogens with zero attached hydrogens (tertiary/aromatic N) is 1. The first-order valence-electron chi connectivity index (χ1n) is 5.59. The van der Waals surface area contributed by atoms with Crippen molar-refractivity contribution in [2.24, 2.45) is 5.10 Å². The molecule has 0 aromatic heterocycles. The van der Waals surface area contributed by atoms with E-state index in [9.17, 15) is 4.79 Å². The zero-order chi connectivity index (χ0) is 13.6. The maximum absolute atomic E-state index is 11.4. The Labute approximate surface area is 112 Å². The van der Waals surface area contributed by atoms with Crippen molar-refractivity contribution in [2.75, 3.05) is 5.88 Å². The van der Waals surface area contributed by atoms with Crippen molar-refractivity contribution < 1.29 is 9.53 Å². The number of ether oxygens (including phenoxy) is 1. The van der Waals surface area contributed by atoms with Crippen LogP contribution in [0.3, 0.4) is 0 Å². The fourth-order valence-corrected chi connectivity index (χ4v) is 1.43. The van der Waals surface area contributed by atoms with Crippen LogP contribution in [-0.2, 0) is 4.74 Å². The van der Waals surface area contributed by atoms with Crippen LogP contribution in [-0.4, -0.2) is 23.3 Å². The first kappa shape index (κ1) is 14.5. The van der Waals surface area contributed by atoms with Crippen LogP contribution in [0.5, 0.6) is 0 Å². The van der Waals surface area contributed by atoms with Crippen LogP contribution in [0, 0.1) is 0 Å². The molecule has 1 amide bonds. The third-order valence-corrected chi connectivity index (χ3v) is 2.17. The van der Waals surface area contributed by atoms with Crippen LogP contribution >= 0.6 is 11.6 Å². The van der Waals surface area contributed by atoms with Crippen LogP contribution in [0.4, 0.5) is 4.79 Å². The summed E-state index contributed by atoms with van der Waals surface area (Å²) in [6.07, 6.45) is -0.596. The highest BCUT2D eigenvalue weighted by Gasteiger charge is 2.15. The quantitative estimate of drug-likeness (QED) is 0.520. The number of carbonyl (C=O) groups excluding carboxylic acids is 1. The highest BCUT2D eigenvalue weighted by Crippen LogP contribution is 2.07. The molecule has 0 aliphatic heterocycles. The summed E-state index contributed by atoms with van der Waals surface area (Å²) in [5.41, 5.74) is 3.23. The van der Waals surface area contributed by atoms with Gasteiger partial charge >= 0.3 is 6.09 Å². The Morgan fingerprint density at radius 1 is 1.33 bits per heavy atom. The third-order valence-electron chi connectivity index (χ3n) is 1.91. The fraction of sp³-hybridized carbons (Fsp3) is 0.385. The van der Waals surface area contributed by atoms with E-state index >= 15 is 0 Å². The minimum atomic E-state index is -0.596. The van der Waals surface area contributed by atoms with Gasteiger partial charge in [0.15, 0.2) is 0 Å². The van der Waals surface area contributed by atoms with Crippen LogP contribution in [0.2, 0.25) is 0 Å². The second-order valence-corrected chi connectivity index (χ2v) is 4.94. The molecule has 0 fully saturated rings. The van der Waals surface area contributed by atoms with Crippen LogP contribution < -0.4 is 5.43 Å². The van der Waals surface area contributed by atoms with Gasteiger partial charge in [0, 0.05) is 0 Å². The molecule has 0 heterocycles. The molecule has 1 aromatic carbocycles. The minimum absolute atomic E-state index is 0.208. The summed E-state index contributed by atoms with van der Waals surface area (Å²) in [7, 11) is 0. The van der Waals surface area contributed by atoms with E-state index in [4.69, 9.17) is 16.3 Å². The highest BCUT2D eigenvalue weighted by molar-refractivity contribution is 6.31. The summed E-state index contributed by atoms with van der Waals surface area (Å²) in [6.45, 7) is 5.36. The van der Waals surface area contributed by atoms with E-state index in [0.717, 1.165) is 5.56 Å². The third kappa shape index (κ3) is 5.19. The largest absolute Gasteiger partial charge is 0.443 e. The number of nitrogens with one attached hydrogen (secondary N) is 1. The molecule has 0 unspecified atom stereocenters. The summed E-state index contributed by atoms with van der Waals surface area (Å²) in [4.78, 5) is 11.4. The Kier molecular flexibility index (Phi) is 5.16. The maximum atomic E-state index is 11.4. The molecule has 0 aliphatic rings. The SMILES string of the molecule is CC(C)(C)OC(=O)N/N=C(\CCl)c1ccccc1. The smallest absolute Gasteiger partial charge is 0.428 e. The zero-order valence-electron chi connectivity index (χ0n) is 10.7. The molecule has 1 N–H and O–H groups in total. The molecule has 98 valence electrons. The summed E-state index contributed by atoms with van der Waals surface area (Å²) >= 11 is 5.80. The van der Waals surface area contributed by atoms with E-state index in [1.807, 2.05) is 30.3 Å². The molecule has 18 heavy (non-hydrogen) atoms. The average molecular weight is 269 g/mol. The van der Waals surface area contributed by atoms with Crippen molar-refractivity contribution >= 4 is 23.4 Å². The Morgan fingerprint density at radius 2 is 1.94 bits per heavy atom. The van der Waals surface area contributed by atoms with Crippen LogP contribution in [0.1, 0.15) is 26.3 Å². The van der Waals surface area contributed by atoms with Gasteiger partial charge in [-0.15, -0.1) is 11.6 Å². The number of hydrazone groups is 1. The Balaban J connectivity index is 2.67. The van der Waals surface area contributed by atoms with E-state index in [2.05, 4.69) is 10.5 Å². The van der Waals surface area contributed by atoms with Gasteiger partial charge in [0.1, 0.15) is 5.60 Å². The van der Waals surface area contributed by atoms with Gasteiger partial charge in [0.2, 0.25) is 0 Å². The minimum Gasteiger partial charge on any atom is -0.443 e. The molecule has 1 rings (SSSR count). The van der Waals surface area contributed by atoms with Gasteiger partial charge in [-0.25, -0.2) is 10.2 Å². The molecule has 0 saturated heterocycles. The lowest BCUT2D eigenvalue weighted by Gasteiger charge is -2.18. The van der Waals surface area contributed by atoms with E-state index in [0.29, 0.717) is 5.71 Å². The molecule has 0 bridgehead atoms. The lowest BCUT2D eigenvalue weighted by molar-refractivity contribution is 0.0529. The number of rotatable bonds is 3. The molecular weight excluding hydrogens is 252 g/mol. The first-order valence-corrected chi connectivity index (χ1v) is 6.13. The summed E-state index contributed by atoms with van der Waals surface area (Å²) < 4.78 is 5.07. The Morgan fingerprint density at radius 3 is 2.44 bits per heavy atom. The first-order chi connectivity index (χ1) is 8.42. The van der Waals surface area contributed by atoms with Crippen LogP contribution in [0.15, 0.2) is 35.4 Å². The monoisotopic (exact) mass is 268 g/mol. The van der Waals surface area contributed by atoms with Crippen molar-refractivity contribution in [3.63, 3.8) is 0 Å². The second kappa shape index (κ2) is 6.40. The molecule has 5 heteroatoms. The molecule has 0 atom stereocenters. The van der Waals surface area contributed by atoms with E-state index < -0.39 is 11.7 Å². The van der Waals surface area contributed by atoms with Crippen LogP contribution in [0.25, 0.3) is 0 Å². The number of hydrogen-bond donors (Lipinski definition) is 1. The van der Waals surface area contributed by atoms with Crippen molar-refractivity contribution in [1.29, 1.82) is 0 Å². The number of benzene rings is 1. The number of amides is 1. The van der Waals surface area contributed by atoms with Gasteiger partial charge in [0.05, 0.1) is 11.6 Å². The standard InChI is InChI=1S/C13H17ClN2O2/c1-13(2,3)18-12(17)16-15-11(9-14)10-7-5-4-6-8-10/h4-8H,9H2,1-3H3,(H,16,17)/b15-11+. The van der Waals surface area contributed by atoms with Crippen molar-refractivity contribution in [2.45, 2.75) is 26.4 Å². The fourth-order valence-electron chi connectivity index (χ4n) is 1.22. The molecule has 0 saturated carbocycles. The summed E-state index contributed by atoms with van der Waals surface area (Å²) in [5.74, 6) is 0.208. The lowest BCUT2D eigenvalue weighted by atomic mass is 10.1. The van der Waals surface area contributed by atoms with Gasteiger partial charge in [-0.1, -0.05) is 30.3 Å². The normalized spacial score (nSPS) is 12.1. The topological polar surface area (TPSA) is 50.7 Å². The number of alkyl halides is 1. The molecular formula is C13H17ClN2O2. The molecule has 0 radical (unpaired) electrons. The predicted molar refractivity (Wildman–Crippen MR) is 73.1 cm³/mol. The second-order valence-electron chi connectivity index (χ2n) is 4.67. The average Bonchev–Trinajstić information content (AvgIpc) is 2.29. The number of carbonyl (C=O) groups is 1. The van der Waals surface area contributed by atoms with Gasteiger partial charge in [-0.05, 0) is 26.3 Å². The van der Waals surface area contributed by atoms with E-state index in [-0.39, 0.29) is 5.88 Å².